The molecular formula is C10H20N4O3S. The lowest BCUT2D eigenvalue weighted by atomic mass is 10.2. The van der Waals surface area contributed by atoms with Gasteiger partial charge >= 0.3 is 0 Å². The van der Waals surface area contributed by atoms with Crippen LogP contribution in [0.3, 0.4) is 0 Å². The summed E-state index contributed by atoms with van der Waals surface area (Å²) >= 11 is 0. The zero-order chi connectivity index (χ0) is 13.6. The van der Waals surface area contributed by atoms with Crippen molar-refractivity contribution in [1.29, 1.82) is 0 Å². The zero-order valence-corrected chi connectivity index (χ0v) is 11.5. The molecule has 7 nitrogen and oxygen atoms in total. The zero-order valence-electron chi connectivity index (χ0n) is 10.7. The third-order valence-electron chi connectivity index (χ3n) is 2.48. The fraction of sp³-hybridized carbons (Fsp3) is 0.700. The van der Waals surface area contributed by atoms with E-state index in [2.05, 4.69) is 9.71 Å². The van der Waals surface area contributed by atoms with Crippen LogP contribution < -0.4 is 10.5 Å². The maximum atomic E-state index is 11.9. The maximum Gasteiger partial charge on any atom is 0.260 e. The van der Waals surface area contributed by atoms with E-state index in [1.807, 2.05) is 0 Å². The summed E-state index contributed by atoms with van der Waals surface area (Å²) in [5, 5.41) is 0.0133. The third kappa shape index (κ3) is 3.97. The molecule has 104 valence electrons. The van der Waals surface area contributed by atoms with Crippen molar-refractivity contribution < 1.29 is 13.2 Å². The second-order valence-corrected chi connectivity index (χ2v) is 5.68. The van der Waals surface area contributed by atoms with Gasteiger partial charge < -0.3 is 15.0 Å². The molecule has 0 fully saturated rings. The Bertz CT molecular complexity index is 450. The largest absolute Gasteiger partial charge is 0.385 e. The normalized spacial score (nSPS) is 11.9. The van der Waals surface area contributed by atoms with Crippen LogP contribution in [-0.4, -0.2) is 38.2 Å². The summed E-state index contributed by atoms with van der Waals surface area (Å²) in [6.45, 7) is 1.08. The minimum Gasteiger partial charge on any atom is -0.385 e. The van der Waals surface area contributed by atoms with E-state index in [4.69, 9.17) is 10.5 Å². The van der Waals surface area contributed by atoms with Gasteiger partial charge in [0, 0.05) is 27.3 Å². The maximum absolute atomic E-state index is 11.9. The second kappa shape index (κ2) is 6.72. The van der Waals surface area contributed by atoms with Crippen LogP contribution in [0.15, 0.2) is 11.4 Å². The highest BCUT2D eigenvalue weighted by molar-refractivity contribution is 7.89. The Morgan fingerprint density at radius 1 is 1.44 bits per heavy atom. The van der Waals surface area contributed by atoms with Crippen LogP contribution >= 0.6 is 0 Å². The Labute approximate surface area is 107 Å². The number of hydrogen-bond acceptors (Lipinski definition) is 5. The highest BCUT2D eigenvalue weighted by Gasteiger charge is 2.21. The number of hydrogen-bond donors (Lipinski definition) is 2. The number of anilines is 1. The van der Waals surface area contributed by atoms with E-state index in [1.165, 1.54) is 10.9 Å². The molecule has 0 saturated carbocycles. The van der Waals surface area contributed by atoms with Gasteiger partial charge in [-0.15, -0.1) is 0 Å². The molecule has 0 aliphatic carbocycles. The smallest absolute Gasteiger partial charge is 0.260 e. The van der Waals surface area contributed by atoms with Crippen LogP contribution in [-0.2, 0) is 21.8 Å². The van der Waals surface area contributed by atoms with Gasteiger partial charge in [0.05, 0.1) is 6.33 Å². The van der Waals surface area contributed by atoms with Crippen molar-refractivity contribution in [2.75, 3.05) is 26.0 Å². The molecule has 1 aromatic rings. The Morgan fingerprint density at radius 3 is 2.72 bits per heavy atom. The molecule has 3 N–H and O–H groups in total. The van der Waals surface area contributed by atoms with Crippen molar-refractivity contribution >= 4 is 15.8 Å². The summed E-state index contributed by atoms with van der Waals surface area (Å²) in [4.78, 5) is 3.76. The van der Waals surface area contributed by atoms with Gasteiger partial charge in [-0.1, -0.05) is 0 Å². The van der Waals surface area contributed by atoms with E-state index in [9.17, 15) is 8.42 Å². The Balaban J connectivity index is 2.46. The number of nitrogens with two attached hydrogens (primary N) is 1. The van der Waals surface area contributed by atoms with Crippen molar-refractivity contribution in [3.8, 4) is 0 Å². The van der Waals surface area contributed by atoms with Gasteiger partial charge in [-0.05, 0) is 19.3 Å². The number of nitrogen functional groups attached to an aromatic ring is 1. The molecule has 18 heavy (non-hydrogen) atoms. The quantitative estimate of drug-likeness (QED) is 0.656. The molecule has 0 unspecified atom stereocenters. The molecule has 0 amide bonds. The van der Waals surface area contributed by atoms with Crippen molar-refractivity contribution in [3.05, 3.63) is 6.33 Å². The standard InChI is InChI=1S/C10H20N4O3S/c1-14-8-12-9(11)10(14)18(15,16)13-6-4-3-5-7-17-2/h8,13H,3-7,11H2,1-2H3. The number of nitrogens with one attached hydrogen (secondary N) is 1. The molecule has 0 saturated heterocycles. The predicted octanol–water partition coefficient (Wildman–Crippen LogP) is 0.0973. The van der Waals surface area contributed by atoms with Gasteiger partial charge in [0.1, 0.15) is 0 Å². The van der Waals surface area contributed by atoms with E-state index in [0.29, 0.717) is 13.2 Å². The lowest BCUT2D eigenvalue weighted by Crippen LogP contribution is -2.27. The summed E-state index contributed by atoms with van der Waals surface area (Å²) in [6.07, 6.45) is 3.98. The fourth-order valence-electron chi connectivity index (χ4n) is 1.59. The van der Waals surface area contributed by atoms with Gasteiger partial charge in [-0.2, -0.15) is 0 Å². The van der Waals surface area contributed by atoms with Gasteiger partial charge in [-0.3, -0.25) is 0 Å². The van der Waals surface area contributed by atoms with Gasteiger partial charge in [-0.25, -0.2) is 18.1 Å². The third-order valence-corrected chi connectivity index (χ3v) is 4.07. The Hall–Kier alpha value is -1.12. The lowest BCUT2D eigenvalue weighted by Gasteiger charge is -2.07. The van der Waals surface area contributed by atoms with Crippen molar-refractivity contribution in [3.63, 3.8) is 0 Å². The van der Waals surface area contributed by atoms with E-state index in [-0.39, 0.29) is 10.8 Å². The first kappa shape index (κ1) is 14.9. The molecule has 0 bridgehead atoms. The average molecular weight is 276 g/mol. The molecule has 1 heterocycles. The molecule has 1 aromatic heterocycles. The number of rotatable bonds is 8. The molecule has 0 aliphatic heterocycles. The number of unbranched alkanes of at least 4 members (excludes halogenated alkanes) is 2. The number of nitrogens with zero attached hydrogens (tertiary/aromatic N) is 2. The van der Waals surface area contributed by atoms with Crippen LogP contribution in [0.1, 0.15) is 19.3 Å². The lowest BCUT2D eigenvalue weighted by molar-refractivity contribution is 0.192. The van der Waals surface area contributed by atoms with Gasteiger partial charge in [0.2, 0.25) is 0 Å². The molecule has 1 rings (SSSR count). The number of methoxy groups -OCH3 is 1. The summed E-state index contributed by atoms with van der Waals surface area (Å²) < 4.78 is 32.7. The summed E-state index contributed by atoms with van der Waals surface area (Å²) in [6, 6.07) is 0. The van der Waals surface area contributed by atoms with Crippen LogP contribution in [0.5, 0.6) is 0 Å². The summed E-state index contributed by atoms with van der Waals surface area (Å²) in [7, 11) is -0.336. The minimum absolute atomic E-state index is 0.0133. The van der Waals surface area contributed by atoms with Crippen molar-refractivity contribution in [1.82, 2.24) is 14.3 Å². The SMILES string of the molecule is COCCCCCNS(=O)(=O)c1c(N)ncn1C. The van der Waals surface area contributed by atoms with Crippen LogP contribution in [0.25, 0.3) is 0 Å². The summed E-state index contributed by atoms with van der Waals surface area (Å²) in [5.74, 6) is 0.0179. The molecular weight excluding hydrogens is 256 g/mol. The van der Waals surface area contributed by atoms with E-state index >= 15 is 0 Å². The number of ether oxygens (including phenoxy) is 1. The number of aromatic nitrogens is 2. The molecule has 0 aromatic carbocycles. The first-order valence-electron chi connectivity index (χ1n) is 5.74. The Kier molecular flexibility index (Phi) is 5.57. The topological polar surface area (TPSA) is 99.2 Å². The molecule has 8 heteroatoms. The predicted molar refractivity (Wildman–Crippen MR) is 68.5 cm³/mol. The van der Waals surface area contributed by atoms with Crippen LogP contribution in [0.2, 0.25) is 0 Å². The Morgan fingerprint density at radius 2 is 2.17 bits per heavy atom. The van der Waals surface area contributed by atoms with Crippen molar-refractivity contribution in [2.45, 2.75) is 24.3 Å². The number of sulfonamides is 1. The van der Waals surface area contributed by atoms with E-state index in [0.717, 1.165) is 19.3 Å². The molecule has 0 aliphatic rings. The second-order valence-electron chi connectivity index (χ2n) is 4.00. The first-order chi connectivity index (χ1) is 8.49. The van der Waals surface area contributed by atoms with Crippen molar-refractivity contribution in [2.24, 2.45) is 7.05 Å². The fourth-order valence-corrected chi connectivity index (χ4v) is 2.89. The van der Waals surface area contributed by atoms with Crippen LogP contribution in [0.4, 0.5) is 5.82 Å². The molecule has 0 radical (unpaired) electrons. The molecule has 0 spiro atoms. The van der Waals surface area contributed by atoms with E-state index < -0.39 is 10.0 Å². The van der Waals surface area contributed by atoms with Crippen LogP contribution in [0, 0.1) is 0 Å². The first-order valence-corrected chi connectivity index (χ1v) is 7.22. The number of imidazole rings is 1. The van der Waals surface area contributed by atoms with Gasteiger partial charge in [0.15, 0.2) is 10.8 Å². The highest BCUT2D eigenvalue weighted by atomic mass is 32.2. The average Bonchev–Trinajstić information content (AvgIpc) is 2.64. The number of aryl methyl sites for hydroxylation is 1. The monoisotopic (exact) mass is 276 g/mol. The van der Waals surface area contributed by atoms with Gasteiger partial charge in [0.25, 0.3) is 10.0 Å². The summed E-state index contributed by atoms with van der Waals surface area (Å²) in [5.41, 5.74) is 5.53. The highest BCUT2D eigenvalue weighted by Crippen LogP contribution is 2.14. The van der Waals surface area contributed by atoms with E-state index in [1.54, 1.807) is 14.2 Å². The minimum atomic E-state index is -3.58. The molecule has 0 atom stereocenters.